The number of sulfone groups is 1. The molecule has 1 aromatic carbocycles. The van der Waals surface area contributed by atoms with Crippen molar-refractivity contribution in [3.63, 3.8) is 0 Å². The molecule has 0 radical (unpaired) electrons. The van der Waals surface area contributed by atoms with E-state index in [-0.39, 0.29) is 11.3 Å². The van der Waals surface area contributed by atoms with E-state index in [2.05, 4.69) is 12.0 Å². The third-order valence-electron chi connectivity index (χ3n) is 6.18. The molecule has 1 heterocycles. The Balaban J connectivity index is 2.12. The topological polar surface area (TPSA) is 89.3 Å². The Hall–Kier alpha value is -2.15. The van der Waals surface area contributed by atoms with Crippen LogP contribution in [0.4, 0.5) is 0 Å². The van der Waals surface area contributed by atoms with Gasteiger partial charge < -0.3 is 5.11 Å². The van der Waals surface area contributed by atoms with Crippen molar-refractivity contribution in [3.05, 3.63) is 39.2 Å². The smallest absolute Gasteiger partial charge is 0.278 e. The number of aromatic nitrogens is 2. The predicted octanol–water partition coefficient (Wildman–Crippen LogP) is 5.77. The zero-order valence-electron chi connectivity index (χ0n) is 20.9. The second-order valence-corrected chi connectivity index (χ2v) is 11.3. The standard InChI is InChI=1S/C26H40N2O4S/c1-6-7-8-9-10-11-12-13-14-15-16-33(31,32)25-24(29)23(26(30)28(5)27-25)22-20(3)17-19(2)18-21(22)4/h17-18,29H,6-16H2,1-5H3. The molecule has 0 atom stereocenters. The van der Waals surface area contributed by atoms with Crippen LogP contribution >= 0.6 is 0 Å². The van der Waals surface area contributed by atoms with Gasteiger partial charge >= 0.3 is 0 Å². The number of hydrogen-bond donors (Lipinski definition) is 1. The van der Waals surface area contributed by atoms with Gasteiger partial charge in [-0.15, -0.1) is 0 Å². The van der Waals surface area contributed by atoms with Gasteiger partial charge in [0.1, 0.15) is 0 Å². The van der Waals surface area contributed by atoms with E-state index in [0.717, 1.165) is 40.6 Å². The summed E-state index contributed by atoms with van der Waals surface area (Å²) in [6.07, 6.45) is 11.0. The van der Waals surface area contributed by atoms with Gasteiger partial charge in [0.15, 0.2) is 5.75 Å². The normalized spacial score (nSPS) is 11.8. The molecule has 6 nitrogen and oxygen atoms in total. The highest BCUT2D eigenvalue weighted by atomic mass is 32.2. The zero-order valence-corrected chi connectivity index (χ0v) is 21.7. The van der Waals surface area contributed by atoms with Crippen molar-refractivity contribution in [3.8, 4) is 16.9 Å². The van der Waals surface area contributed by atoms with Crippen molar-refractivity contribution in [2.75, 3.05) is 5.75 Å². The van der Waals surface area contributed by atoms with Crippen molar-refractivity contribution < 1.29 is 13.5 Å². The molecule has 33 heavy (non-hydrogen) atoms. The van der Waals surface area contributed by atoms with Crippen molar-refractivity contribution in [1.29, 1.82) is 0 Å². The molecule has 0 saturated heterocycles. The van der Waals surface area contributed by atoms with Crippen molar-refractivity contribution in [2.24, 2.45) is 7.05 Å². The first-order valence-corrected chi connectivity index (χ1v) is 13.9. The van der Waals surface area contributed by atoms with Crippen molar-refractivity contribution in [2.45, 2.75) is 96.9 Å². The maximum atomic E-state index is 13.0. The van der Waals surface area contributed by atoms with Gasteiger partial charge in [0.05, 0.1) is 11.3 Å². The largest absolute Gasteiger partial charge is 0.504 e. The highest BCUT2D eigenvalue weighted by Gasteiger charge is 2.28. The maximum Gasteiger partial charge on any atom is 0.278 e. The fraction of sp³-hybridized carbons (Fsp3) is 0.615. The maximum absolute atomic E-state index is 13.0. The molecule has 2 rings (SSSR count). The molecular weight excluding hydrogens is 436 g/mol. The Morgan fingerprint density at radius 2 is 1.33 bits per heavy atom. The highest BCUT2D eigenvalue weighted by Crippen LogP contribution is 2.35. The number of aromatic hydroxyl groups is 1. The lowest BCUT2D eigenvalue weighted by atomic mass is 9.94. The Morgan fingerprint density at radius 1 is 0.848 bits per heavy atom. The Kier molecular flexibility index (Phi) is 10.1. The summed E-state index contributed by atoms with van der Waals surface area (Å²) in [5.74, 6) is -0.631. The van der Waals surface area contributed by atoms with Gasteiger partial charge in [-0.05, 0) is 43.9 Å². The van der Waals surface area contributed by atoms with E-state index >= 15 is 0 Å². The molecule has 0 amide bonds. The van der Waals surface area contributed by atoms with E-state index in [4.69, 9.17) is 0 Å². The average molecular weight is 477 g/mol. The quantitative estimate of drug-likeness (QED) is 0.371. The fourth-order valence-electron chi connectivity index (χ4n) is 4.48. The molecule has 184 valence electrons. The molecule has 0 aliphatic carbocycles. The van der Waals surface area contributed by atoms with Crippen LogP contribution in [0, 0.1) is 20.8 Å². The van der Waals surface area contributed by atoms with Crippen LogP contribution < -0.4 is 5.56 Å². The monoisotopic (exact) mass is 476 g/mol. The second kappa shape index (κ2) is 12.4. The van der Waals surface area contributed by atoms with Crippen LogP contribution in [0.2, 0.25) is 0 Å². The summed E-state index contributed by atoms with van der Waals surface area (Å²) in [6.45, 7) is 7.87. The molecule has 2 aromatic rings. The molecule has 0 fully saturated rings. The lowest BCUT2D eigenvalue weighted by molar-refractivity contribution is 0.440. The summed E-state index contributed by atoms with van der Waals surface area (Å²) in [4.78, 5) is 12.8. The third-order valence-corrected chi connectivity index (χ3v) is 7.87. The van der Waals surface area contributed by atoms with Crippen LogP contribution in [0.5, 0.6) is 5.75 Å². The van der Waals surface area contributed by atoms with E-state index in [1.165, 1.54) is 45.6 Å². The summed E-state index contributed by atoms with van der Waals surface area (Å²) in [6, 6.07) is 3.83. The Bertz CT molecular complexity index is 1080. The number of rotatable bonds is 13. The van der Waals surface area contributed by atoms with E-state index in [1.54, 1.807) is 0 Å². The van der Waals surface area contributed by atoms with Crippen LogP contribution in [0.3, 0.4) is 0 Å². The average Bonchev–Trinajstić information content (AvgIpc) is 2.73. The summed E-state index contributed by atoms with van der Waals surface area (Å²) in [5.41, 5.74) is 2.71. The molecule has 1 aromatic heterocycles. The van der Waals surface area contributed by atoms with Gasteiger partial charge in [0.25, 0.3) is 5.56 Å². The summed E-state index contributed by atoms with van der Waals surface area (Å²) in [7, 11) is -2.40. The fourth-order valence-corrected chi connectivity index (χ4v) is 5.91. The van der Waals surface area contributed by atoms with E-state index in [1.807, 2.05) is 32.9 Å². The van der Waals surface area contributed by atoms with Gasteiger partial charge in [-0.1, -0.05) is 82.4 Å². The van der Waals surface area contributed by atoms with E-state index in [9.17, 15) is 18.3 Å². The van der Waals surface area contributed by atoms with Crippen LogP contribution in [-0.2, 0) is 16.9 Å². The van der Waals surface area contributed by atoms with Gasteiger partial charge in [0.2, 0.25) is 14.9 Å². The summed E-state index contributed by atoms with van der Waals surface area (Å²) < 4.78 is 27.1. The number of benzene rings is 1. The highest BCUT2D eigenvalue weighted by molar-refractivity contribution is 7.91. The minimum absolute atomic E-state index is 0.00384. The molecule has 0 unspecified atom stereocenters. The molecular formula is C26H40N2O4S. The summed E-state index contributed by atoms with van der Waals surface area (Å²) >= 11 is 0. The predicted molar refractivity (Wildman–Crippen MR) is 135 cm³/mol. The first kappa shape index (κ1) is 27.1. The molecule has 1 N–H and O–H groups in total. The van der Waals surface area contributed by atoms with E-state index < -0.39 is 26.2 Å². The first-order valence-electron chi connectivity index (χ1n) is 12.2. The lowest BCUT2D eigenvalue weighted by Crippen LogP contribution is -2.25. The minimum atomic E-state index is -3.82. The summed E-state index contributed by atoms with van der Waals surface area (Å²) in [5, 5.41) is 14.4. The number of aryl methyl sites for hydroxylation is 4. The zero-order chi connectivity index (χ0) is 24.6. The molecule has 0 aliphatic rings. The molecule has 0 saturated carbocycles. The molecule has 0 bridgehead atoms. The van der Waals surface area contributed by atoms with Crippen LogP contribution in [0.25, 0.3) is 11.1 Å². The van der Waals surface area contributed by atoms with Crippen LogP contribution in [0.15, 0.2) is 22.0 Å². The lowest BCUT2D eigenvalue weighted by Gasteiger charge is -2.15. The van der Waals surface area contributed by atoms with Gasteiger partial charge in [-0.2, -0.15) is 5.10 Å². The molecule has 0 aliphatic heterocycles. The van der Waals surface area contributed by atoms with E-state index in [0.29, 0.717) is 12.0 Å². The molecule has 7 heteroatoms. The second-order valence-electron chi connectivity index (χ2n) is 9.23. The number of unbranched alkanes of at least 4 members (excludes halogenated alkanes) is 9. The minimum Gasteiger partial charge on any atom is -0.504 e. The van der Waals surface area contributed by atoms with Gasteiger partial charge in [0, 0.05) is 7.05 Å². The molecule has 0 spiro atoms. The van der Waals surface area contributed by atoms with Gasteiger partial charge in [-0.25, -0.2) is 13.1 Å². The van der Waals surface area contributed by atoms with Crippen LogP contribution in [-0.4, -0.2) is 29.1 Å². The van der Waals surface area contributed by atoms with Crippen molar-refractivity contribution >= 4 is 9.84 Å². The first-order chi connectivity index (χ1) is 15.6. The Morgan fingerprint density at radius 3 is 1.85 bits per heavy atom. The van der Waals surface area contributed by atoms with Crippen LogP contribution in [0.1, 0.15) is 87.8 Å². The third kappa shape index (κ3) is 7.16. The number of nitrogens with zero attached hydrogens (tertiary/aromatic N) is 2. The SMILES string of the molecule is CCCCCCCCCCCCS(=O)(=O)c1nn(C)c(=O)c(-c2c(C)cc(C)cc2C)c1O. The Labute approximate surface area is 199 Å². The van der Waals surface area contributed by atoms with Crippen molar-refractivity contribution in [1.82, 2.24) is 9.78 Å². The van der Waals surface area contributed by atoms with Gasteiger partial charge in [-0.3, -0.25) is 4.79 Å². The number of hydrogen-bond acceptors (Lipinski definition) is 5.